The summed E-state index contributed by atoms with van der Waals surface area (Å²) in [5.74, 6) is 0. The molecule has 0 aromatic carbocycles. The quantitative estimate of drug-likeness (QED) is 0.750. The Balaban J connectivity index is 1.93. The third kappa shape index (κ3) is 1.62. The lowest BCUT2D eigenvalue weighted by atomic mass is 10.1. The fraction of sp³-hybridized carbons (Fsp3) is 0.625. The van der Waals surface area contributed by atoms with Crippen molar-refractivity contribution in [2.75, 3.05) is 37.8 Å². The lowest BCUT2D eigenvalue weighted by Gasteiger charge is -2.42. The summed E-state index contributed by atoms with van der Waals surface area (Å²) in [5.41, 5.74) is 5.61. The Morgan fingerprint density at radius 1 is 1.62 bits per heavy atom. The predicted molar refractivity (Wildman–Crippen MR) is 56.2 cm³/mol. The number of nitrogen functional groups attached to an aromatic ring is 1. The van der Waals surface area contributed by atoms with Gasteiger partial charge in [0.15, 0.2) is 5.13 Å². The van der Waals surface area contributed by atoms with Gasteiger partial charge < -0.3 is 15.5 Å². The highest BCUT2D eigenvalue weighted by Crippen LogP contribution is 2.28. The molecule has 0 unspecified atom stereocenters. The van der Waals surface area contributed by atoms with Crippen LogP contribution in [-0.2, 0) is 0 Å². The highest BCUT2D eigenvalue weighted by molar-refractivity contribution is 7.19. The van der Waals surface area contributed by atoms with Gasteiger partial charge in [0.05, 0.1) is 6.20 Å². The van der Waals surface area contributed by atoms with Gasteiger partial charge in [-0.05, 0) is 14.1 Å². The molecule has 2 N–H and O–H groups in total. The van der Waals surface area contributed by atoms with Crippen LogP contribution in [0.3, 0.4) is 0 Å². The van der Waals surface area contributed by atoms with Gasteiger partial charge in [-0.25, -0.2) is 4.98 Å². The summed E-state index contributed by atoms with van der Waals surface area (Å²) in [5, 5.41) is 1.85. The number of nitrogens with zero attached hydrogens (tertiary/aromatic N) is 3. The van der Waals surface area contributed by atoms with Gasteiger partial charge in [-0.3, -0.25) is 0 Å². The second kappa shape index (κ2) is 3.16. The van der Waals surface area contributed by atoms with Crippen molar-refractivity contribution in [3.63, 3.8) is 0 Å². The van der Waals surface area contributed by atoms with Gasteiger partial charge in [0, 0.05) is 19.1 Å². The van der Waals surface area contributed by atoms with E-state index in [1.807, 2.05) is 0 Å². The molecule has 1 saturated heterocycles. The Morgan fingerprint density at radius 3 is 2.77 bits per heavy atom. The van der Waals surface area contributed by atoms with Crippen molar-refractivity contribution in [1.82, 2.24) is 9.88 Å². The standard InChI is InChI=1S/C8H14N4S/c1-11(2)6-4-12(5-6)8-10-3-7(9)13-8/h3,6H,4-5,9H2,1-2H3. The first kappa shape index (κ1) is 8.77. The maximum atomic E-state index is 5.61. The van der Waals surface area contributed by atoms with Crippen molar-refractivity contribution in [2.45, 2.75) is 6.04 Å². The summed E-state index contributed by atoms with van der Waals surface area (Å²) in [6, 6.07) is 0.671. The molecular formula is C8H14N4S. The topological polar surface area (TPSA) is 45.4 Å². The summed E-state index contributed by atoms with van der Waals surface area (Å²) in [4.78, 5) is 8.73. The lowest BCUT2D eigenvalue weighted by Crippen LogP contribution is -2.57. The van der Waals surface area contributed by atoms with E-state index in [9.17, 15) is 0 Å². The van der Waals surface area contributed by atoms with Crippen LogP contribution in [0.1, 0.15) is 0 Å². The average Bonchev–Trinajstić information content (AvgIpc) is 2.31. The van der Waals surface area contributed by atoms with Crippen LogP contribution in [0.2, 0.25) is 0 Å². The molecule has 1 aromatic heterocycles. The Labute approximate surface area is 82.0 Å². The average molecular weight is 198 g/mol. The van der Waals surface area contributed by atoms with Gasteiger partial charge in [0.2, 0.25) is 0 Å². The van der Waals surface area contributed by atoms with Gasteiger partial charge in [0.25, 0.3) is 0 Å². The van der Waals surface area contributed by atoms with Crippen molar-refractivity contribution in [1.29, 1.82) is 0 Å². The van der Waals surface area contributed by atoms with Gasteiger partial charge in [0.1, 0.15) is 5.00 Å². The summed E-state index contributed by atoms with van der Waals surface area (Å²) in [6.07, 6.45) is 1.73. The number of aromatic nitrogens is 1. The molecule has 0 atom stereocenters. The van der Waals surface area contributed by atoms with Crippen LogP contribution in [0.15, 0.2) is 6.20 Å². The molecule has 2 heterocycles. The molecular weight excluding hydrogens is 184 g/mol. The second-order valence-corrected chi connectivity index (χ2v) is 4.61. The minimum Gasteiger partial charge on any atom is -0.389 e. The molecule has 0 amide bonds. The SMILES string of the molecule is CN(C)C1CN(c2ncc(N)s2)C1. The van der Waals surface area contributed by atoms with E-state index in [0.717, 1.165) is 23.2 Å². The molecule has 72 valence electrons. The van der Waals surface area contributed by atoms with Crippen LogP contribution in [-0.4, -0.2) is 43.1 Å². The Kier molecular flexibility index (Phi) is 2.13. The molecule has 2 rings (SSSR count). The fourth-order valence-corrected chi connectivity index (χ4v) is 2.06. The lowest BCUT2D eigenvalue weighted by molar-refractivity contribution is 0.247. The van der Waals surface area contributed by atoms with Gasteiger partial charge >= 0.3 is 0 Å². The molecule has 4 nitrogen and oxygen atoms in total. The van der Waals surface area contributed by atoms with E-state index in [1.165, 1.54) is 0 Å². The van der Waals surface area contributed by atoms with Crippen LogP contribution in [0.25, 0.3) is 0 Å². The molecule has 13 heavy (non-hydrogen) atoms. The van der Waals surface area contributed by atoms with Crippen molar-refractivity contribution in [3.8, 4) is 0 Å². The van der Waals surface area contributed by atoms with Crippen molar-refractivity contribution in [3.05, 3.63) is 6.20 Å². The Hall–Kier alpha value is -0.810. The highest BCUT2D eigenvalue weighted by atomic mass is 32.1. The molecule has 1 aliphatic heterocycles. The van der Waals surface area contributed by atoms with Crippen LogP contribution in [0.5, 0.6) is 0 Å². The summed E-state index contributed by atoms with van der Waals surface area (Å²) < 4.78 is 0. The van der Waals surface area contributed by atoms with Crippen molar-refractivity contribution in [2.24, 2.45) is 0 Å². The summed E-state index contributed by atoms with van der Waals surface area (Å²) in [7, 11) is 4.22. The van der Waals surface area contributed by atoms with E-state index in [4.69, 9.17) is 5.73 Å². The predicted octanol–water partition coefficient (Wildman–Crippen LogP) is 0.475. The van der Waals surface area contributed by atoms with E-state index >= 15 is 0 Å². The fourth-order valence-electron chi connectivity index (χ4n) is 1.36. The van der Waals surface area contributed by atoms with Crippen LogP contribution in [0.4, 0.5) is 10.1 Å². The zero-order valence-electron chi connectivity index (χ0n) is 7.90. The number of rotatable bonds is 2. The molecule has 0 bridgehead atoms. The van der Waals surface area contributed by atoms with E-state index < -0.39 is 0 Å². The maximum Gasteiger partial charge on any atom is 0.187 e. The van der Waals surface area contributed by atoms with Crippen molar-refractivity contribution >= 4 is 21.5 Å². The van der Waals surface area contributed by atoms with Gasteiger partial charge in [-0.2, -0.15) is 0 Å². The first-order valence-electron chi connectivity index (χ1n) is 4.29. The maximum absolute atomic E-state index is 5.61. The van der Waals surface area contributed by atoms with Gasteiger partial charge in [-0.15, -0.1) is 0 Å². The first-order valence-corrected chi connectivity index (χ1v) is 5.11. The summed E-state index contributed by atoms with van der Waals surface area (Å²) in [6.45, 7) is 2.14. The van der Waals surface area contributed by atoms with E-state index in [-0.39, 0.29) is 0 Å². The zero-order valence-corrected chi connectivity index (χ0v) is 8.71. The van der Waals surface area contributed by atoms with E-state index in [1.54, 1.807) is 17.5 Å². The molecule has 0 spiro atoms. The van der Waals surface area contributed by atoms with E-state index in [2.05, 4.69) is 28.9 Å². The summed E-state index contributed by atoms with van der Waals surface area (Å²) >= 11 is 1.56. The monoisotopic (exact) mass is 198 g/mol. The third-order valence-corrected chi connectivity index (χ3v) is 3.26. The molecule has 5 heteroatoms. The number of anilines is 2. The molecule has 1 fully saturated rings. The van der Waals surface area contributed by atoms with Crippen LogP contribution < -0.4 is 10.6 Å². The number of thiazole rings is 1. The molecule has 1 aromatic rings. The van der Waals surface area contributed by atoms with Crippen LogP contribution >= 0.6 is 11.3 Å². The second-order valence-electron chi connectivity index (χ2n) is 3.57. The van der Waals surface area contributed by atoms with Crippen molar-refractivity contribution < 1.29 is 0 Å². The third-order valence-electron chi connectivity index (χ3n) is 2.37. The van der Waals surface area contributed by atoms with Gasteiger partial charge in [-0.1, -0.05) is 11.3 Å². The molecule has 0 aliphatic carbocycles. The molecule has 1 aliphatic rings. The number of hydrogen-bond donors (Lipinski definition) is 1. The van der Waals surface area contributed by atoms with Crippen LogP contribution in [0, 0.1) is 0 Å². The number of nitrogens with two attached hydrogens (primary N) is 1. The minimum atomic E-state index is 0.671. The Bertz CT molecular complexity index is 290. The first-order chi connectivity index (χ1) is 6.16. The minimum absolute atomic E-state index is 0.671. The van der Waals surface area contributed by atoms with E-state index in [0.29, 0.717) is 6.04 Å². The Morgan fingerprint density at radius 2 is 2.31 bits per heavy atom. The molecule has 0 saturated carbocycles. The number of hydrogen-bond acceptors (Lipinski definition) is 5. The number of likely N-dealkylation sites (N-methyl/N-ethyl adjacent to an activating group) is 1. The molecule has 0 radical (unpaired) electrons. The highest BCUT2D eigenvalue weighted by Gasteiger charge is 2.29. The normalized spacial score (nSPS) is 17.9. The zero-order chi connectivity index (χ0) is 9.42. The largest absolute Gasteiger partial charge is 0.389 e. The smallest absolute Gasteiger partial charge is 0.187 e.